The van der Waals surface area contributed by atoms with Crippen LogP contribution in [0.5, 0.6) is 0 Å². The molecule has 2 rings (SSSR count). The van der Waals surface area contributed by atoms with Crippen molar-refractivity contribution in [3.63, 3.8) is 0 Å². The molecular formula is C16H25N3O3. The summed E-state index contributed by atoms with van der Waals surface area (Å²) in [5.74, 6) is -0.630. The Kier molecular flexibility index (Phi) is 5.57. The van der Waals surface area contributed by atoms with Crippen LogP contribution in [0.25, 0.3) is 0 Å². The summed E-state index contributed by atoms with van der Waals surface area (Å²) in [7, 11) is 1.83. The van der Waals surface area contributed by atoms with Crippen LogP contribution in [0, 0.1) is 0 Å². The van der Waals surface area contributed by atoms with Crippen molar-refractivity contribution >= 4 is 11.9 Å². The van der Waals surface area contributed by atoms with Gasteiger partial charge in [-0.15, -0.1) is 0 Å². The lowest BCUT2D eigenvalue weighted by Gasteiger charge is -2.23. The summed E-state index contributed by atoms with van der Waals surface area (Å²) >= 11 is 0. The lowest BCUT2D eigenvalue weighted by atomic mass is 9.85. The van der Waals surface area contributed by atoms with Gasteiger partial charge in [0.2, 0.25) is 0 Å². The average Bonchev–Trinajstić information content (AvgIpc) is 2.90. The van der Waals surface area contributed by atoms with Gasteiger partial charge in [0.15, 0.2) is 0 Å². The maximum absolute atomic E-state index is 12.7. The summed E-state index contributed by atoms with van der Waals surface area (Å²) in [6, 6.07) is 0. The van der Waals surface area contributed by atoms with Gasteiger partial charge in [-0.3, -0.25) is 14.3 Å². The molecule has 1 N–H and O–H groups in total. The molecule has 0 aliphatic heterocycles. The van der Waals surface area contributed by atoms with E-state index in [-0.39, 0.29) is 18.9 Å². The Labute approximate surface area is 131 Å². The minimum absolute atomic E-state index is 0.0292. The van der Waals surface area contributed by atoms with Gasteiger partial charge in [0.05, 0.1) is 17.7 Å². The van der Waals surface area contributed by atoms with Crippen LogP contribution in [-0.2, 0) is 11.8 Å². The lowest BCUT2D eigenvalue weighted by Crippen LogP contribution is -2.33. The summed E-state index contributed by atoms with van der Waals surface area (Å²) in [6.07, 6.45) is 7.54. The molecule has 0 saturated heterocycles. The highest BCUT2D eigenvalue weighted by Gasteiger charge is 2.27. The van der Waals surface area contributed by atoms with Crippen LogP contribution in [0.15, 0.2) is 6.20 Å². The van der Waals surface area contributed by atoms with E-state index >= 15 is 0 Å². The first-order chi connectivity index (χ1) is 10.5. The van der Waals surface area contributed by atoms with E-state index in [4.69, 9.17) is 5.11 Å². The highest BCUT2D eigenvalue weighted by atomic mass is 16.4. The number of rotatable bonds is 6. The van der Waals surface area contributed by atoms with Crippen LogP contribution in [0.2, 0.25) is 0 Å². The first kappa shape index (κ1) is 16.5. The van der Waals surface area contributed by atoms with Crippen molar-refractivity contribution in [2.24, 2.45) is 7.05 Å². The quantitative estimate of drug-likeness (QED) is 0.875. The molecule has 0 bridgehead atoms. The standard InChI is InChI=1S/C16H25N3O3/c1-3-19(10-9-14(20)21)16(22)13-11-18(2)17-15(13)12-7-5-4-6-8-12/h11-12H,3-10H2,1-2H3,(H,20,21). The van der Waals surface area contributed by atoms with Crippen molar-refractivity contribution in [2.75, 3.05) is 13.1 Å². The Morgan fingerprint density at radius 1 is 1.36 bits per heavy atom. The molecule has 1 aromatic rings. The molecule has 122 valence electrons. The van der Waals surface area contributed by atoms with Crippen molar-refractivity contribution in [1.29, 1.82) is 0 Å². The van der Waals surface area contributed by atoms with E-state index in [1.54, 1.807) is 15.8 Å². The summed E-state index contributed by atoms with van der Waals surface area (Å²) in [5, 5.41) is 13.3. The van der Waals surface area contributed by atoms with E-state index < -0.39 is 5.97 Å². The molecule has 1 saturated carbocycles. The number of carbonyl (C=O) groups excluding carboxylic acids is 1. The number of carboxylic acids is 1. The molecule has 0 unspecified atom stereocenters. The van der Waals surface area contributed by atoms with Crippen LogP contribution in [-0.4, -0.2) is 44.8 Å². The van der Waals surface area contributed by atoms with Gasteiger partial charge in [-0.2, -0.15) is 5.10 Å². The largest absolute Gasteiger partial charge is 0.481 e. The normalized spacial score (nSPS) is 15.7. The third-order valence-electron chi connectivity index (χ3n) is 4.34. The molecule has 0 radical (unpaired) electrons. The van der Waals surface area contributed by atoms with Crippen molar-refractivity contribution in [2.45, 2.75) is 51.4 Å². The lowest BCUT2D eigenvalue weighted by molar-refractivity contribution is -0.137. The van der Waals surface area contributed by atoms with E-state index in [9.17, 15) is 9.59 Å². The Bertz CT molecular complexity index is 533. The van der Waals surface area contributed by atoms with Gasteiger partial charge in [-0.05, 0) is 19.8 Å². The van der Waals surface area contributed by atoms with Gasteiger partial charge >= 0.3 is 5.97 Å². The number of hydrogen-bond donors (Lipinski definition) is 1. The van der Waals surface area contributed by atoms with E-state index in [1.807, 2.05) is 14.0 Å². The molecule has 1 aliphatic carbocycles. The summed E-state index contributed by atoms with van der Waals surface area (Å²) in [6.45, 7) is 2.62. The van der Waals surface area contributed by atoms with Crippen LogP contribution >= 0.6 is 0 Å². The Morgan fingerprint density at radius 3 is 2.64 bits per heavy atom. The molecule has 0 spiro atoms. The number of carboxylic acid groups (broad SMARTS) is 1. The second kappa shape index (κ2) is 7.42. The third kappa shape index (κ3) is 3.87. The monoisotopic (exact) mass is 307 g/mol. The summed E-state index contributed by atoms with van der Waals surface area (Å²) in [4.78, 5) is 25.1. The Morgan fingerprint density at radius 2 is 2.05 bits per heavy atom. The number of aromatic nitrogens is 2. The fourth-order valence-electron chi connectivity index (χ4n) is 3.15. The molecule has 1 aromatic heterocycles. The predicted octanol–water partition coefficient (Wildman–Crippen LogP) is 2.40. The van der Waals surface area contributed by atoms with Gasteiger partial charge in [-0.25, -0.2) is 0 Å². The molecule has 1 aliphatic rings. The molecule has 0 aromatic carbocycles. The minimum atomic E-state index is -0.884. The maximum atomic E-state index is 12.7. The number of aryl methyl sites for hydroxylation is 1. The van der Waals surface area contributed by atoms with Crippen molar-refractivity contribution in [3.05, 3.63) is 17.5 Å². The number of carbonyl (C=O) groups is 2. The number of amides is 1. The van der Waals surface area contributed by atoms with Crippen LogP contribution in [0.3, 0.4) is 0 Å². The Balaban J connectivity index is 2.18. The van der Waals surface area contributed by atoms with Crippen LogP contribution in [0.4, 0.5) is 0 Å². The molecule has 1 amide bonds. The van der Waals surface area contributed by atoms with Gasteiger partial charge in [0.25, 0.3) is 5.91 Å². The molecule has 6 nitrogen and oxygen atoms in total. The SMILES string of the molecule is CCN(CCC(=O)O)C(=O)c1cn(C)nc1C1CCCCC1. The van der Waals surface area contributed by atoms with E-state index in [0.717, 1.165) is 18.5 Å². The van der Waals surface area contributed by atoms with Crippen molar-refractivity contribution < 1.29 is 14.7 Å². The molecular weight excluding hydrogens is 282 g/mol. The van der Waals surface area contributed by atoms with Crippen molar-refractivity contribution in [1.82, 2.24) is 14.7 Å². The topological polar surface area (TPSA) is 75.4 Å². The van der Waals surface area contributed by atoms with E-state index in [2.05, 4.69) is 5.10 Å². The number of hydrogen-bond acceptors (Lipinski definition) is 3. The minimum Gasteiger partial charge on any atom is -0.481 e. The van der Waals surface area contributed by atoms with Crippen molar-refractivity contribution in [3.8, 4) is 0 Å². The van der Waals surface area contributed by atoms with Gasteiger partial charge in [0.1, 0.15) is 0 Å². The molecule has 1 fully saturated rings. The summed E-state index contributed by atoms with van der Waals surface area (Å²) < 4.78 is 1.70. The smallest absolute Gasteiger partial charge is 0.305 e. The average molecular weight is 307 g/mol. The molecule has 0 atom stereocenters. The van der Waals surface area contributed by atoms with Gasteiger partial charge in [-0.1, -0.05) is 19.3 Å². The predicted molar refractivity (Wildman–Crippen MR) is 82.9 cm³/mol. The van der Waals surface area contributed by atoms with E-state index in [1.165, 1.54) is 19.3 Å². The third-order valence-corrected chi connectivity index (χ3v) is 4.34. The van der Waals surface area contributed by atoms with Crippen LogP contribution < -0.4 is 0 Å². The zero-order chi connectivity index (χ0) is 16.1. The fourth-order valence-corrected chi connectivity index (χ4v) is 3.15. The fraction of sp³-hybridized carbons (Fsp3) is 0.688. The second-order valence-corrected chi connectivity index (χ2v) is 5.97. The zero-order valence-electron chi connectivity index (χ0n) is 13.4. The molecule has 1 heterocycles. The second-order valence-electron chi connectivity index (χ2n) is 5.97. The Hall–Kier alpha value is -1.85. The maximum Gasteiger partial charge on any atom is 0.305 e. The van der Waals surface area contributed by atoms with Crippen LogP contribution in [0.1, 0.15) is 67.4 Å². The summed E-state index contributed by atoms with van der Waals surface area (Å²) in [5.41, 5.74) is 1.53. The molecule has 22 heavy (non-hydrogen) atoms. The molecule has 6 heteroatoms. The number of nitrogens with zero attached hydrogens (tertiary/aromatic N) is 3. The number of aliphatic carboxylic acids is 1. The zero-order valence-corrected chi connectivity index (χ0v) is 13.4. The van der Waals surface area contributed by atoms with Gasteiger partial charge < -0.3 is 10.0 Å². The first-order valence-electron chi connectivity index (χ1n) is 8.07. The first-order valence-corrected chi connectivity index (χ1v) is 8.07. The highest BCUT2D eigenvalue weighted by molar-refractivity contribution is 5.95. The van der Waals surface area contributed by atoms with Gasteiger partial charge in [0, 0.05) is 32.3 Å². The van der Waals surface area contributed by atoms with E-state index in [0.29, 0.717) is 18.0 Å². The highest BCUT2D eigenvalue weighted by Crippen LogP contribution is 2.33.